The Balaban J connectivity index is 1.12. The topological polar surface area (TPSA) is 32.3 Å². The molecule has 5 unspecified atom stereocenters. The minimum absolute atomic E-state index is 0.288. The first-order chi connectivity index (χ1) is 16.4. The molecule has 0 radical (unpaired) electrons. The molecule has 4 saturated carbocycles. The van der Waals surface area contributed by atoms with Gasteiger partial charge in [0.05, 0.1) is 0 Å². The van der Waals surface area contributed by atoms with Gasteiger partial charge in [-0.3, -0.25) is 4.79 Å². The van der Waals surface area contributed by atoms with E-state index in [0.29, 0.717) is 16.7 Å². The molecule has 1 amide bonds. The van der Waals surface area contributed by atoms with Gasteiger partial charge in [0.1, 0.15) is 0 Å². The van der Waals surface area contributed by atoms with Crippen molar-refractivity contribution in [3.05, 3.63) is 0 Å². The summed E-state index contributed by atoms with van der Waals surface area (Å²) in [4.78, 5) is 15.1. The van der Waals surface area contributed by atoms with E-state index in [0.717, 1.165) is 55.5 Å². The fourth-order valence-electron chi connectivity index (χ4n) is 10.5. The number of rotatable bonds is 7. The Labute approximate surface area is 210 Å². The maximum absolute atomic E-state index is 12.6. The van der Waals surface area contributed by atoms with E-state index in [9.17, 15) is 4.79 Å². The number of carbonyl (C=O) groups excluding carboxylic acids is 1. The quantitative estimate of drug-likeness (QED) is 0.432. The lowest BCUT2D eigenvalue weighted by atomic mass is 9.44. The van der Waals surface area contributed by atoms with Crippen molar-refractivity contribution >= 4 is 5.91 Å². The highest BCUT2D eigenvalue weighted by atomic mass is 16.1. The van der Waals surface area contributed by atoms with Crippen molar-refractivity contribution in [2.45, 2.75) is 117 Å². The summed E-state index contributed by atoms with van der Waals surface area (Å²) < 4.78 is 0. The molecule has 34 heavy (non-hydrogen) atoms. The molecule has 0 aromatic heterocycles. The Kier molecular flexibility index (Phi) is 7.70. The molecule has 1 aliphatic heterocycles. The van der Waals surface area contributed by atoms with Crippen molar-refractivity contribution in [1.82, 2.24) is 10.2 Å². The molecular weight excluding hydrogens is 416 g/mol. The minimum Gasteiger partial charge on any atom is -0.355 e. The van der Waals surface area contributed by atoms with Crippen LogP contribution in [0.25, 0.3) is 0 Å². The van der Waals surface area contributed by atoms with Crippen LogP contribution in [0.2, 0.25) is 0 Å². The molecule has 5 aliphatic rings. The Morgan fingerprint density at radius 2 is 1.68 bits per heavy atom. The van der Waals surface area contributed by atoms with Crippen LogP contribution < -0.4 is 5.32 Å². The number of likely N-dealkylation sites (tertiary alicyclic amines) is 1. The van der Waals surface area contributed by atoms with E-state index in [2.05, 4.69) is 31.0 Å². The predicted octanol–water partition coefficient (Wildman–Crippen LogP) is 7.05. The maximum atomic E-state index is 12.6. The maximum Gasteiger partial charge on any atom is 0.220 e. The molecule has 194 valence electrons. The third kappa shape index (κ3) is 4.73. The fourth-order valence-corrected chi connectivity index (χ4v) is 10.5. The average molecular weight is 471 g/mol. The van der Waals surface area contributed by atoms with E-state index >= 15 is 0 Å². The van der Waals surface area contributed by atoms with E-state index in [4.69, 9.17) is 0 Å². The zero-order valence-electron chi connectivity index (χ0n) is 22.8. The van der Waals surface area contributed by atoms with Crippen molar-refractivity contribution in [2.75, 3.05) is 26.2 Å². The highest BCUT2D eigenvalue weighted by molar-refractivity contribution is 5.75. The van der Waals surface area contributed by atoms with Crippen molar-refractivity contribution < 1.29 is 4.79 Å². The number of amides is 1. The van der Waals surface area contributed by atoms with Gasteiger partial charge in [-0.2, -0.15) is 0 Å². The van der Waals surface area contributed by atoms with E-state index < -0.39 is 0 Å². The summed E-state index contributed by atoms with van der Waals surface area (Å²) >= 11 is 0. The second-order valence-corrected chi connectivity index (χ2v) is 13.9. The van der Waals surface area contributed by atoms with Crippen LogP contribution in [-0.2, 0) is 4.79 Å². The number of hydrogen-bond acceptors (Lipinski definition) is 2. The van der Waals surface area contributed by atoms with Gasteiger partial charge in [0.25, 0.3) is 0 Å². The van der Waals surface area contributed by atoms with E-state index in [1.54, 1.807) is 0 Å². The lowest BCUT2D eigenvalue weighted by Crippen LogP contribution is -2.53. The molecule has 5 rings (SSSR count). The number of piperidine rings is 1. The summed E-state index contributed by atoms with van der Waals surface area (Å²) in [6.45, 7) is 12.2. The number of fused-ring (bicyclic) bond motifs is 5. The second-order valence-electron chi connectivity index (χ2n) is 13.9. The van der Waals surface area contributed by atoms with Crippen molar-refractivity contribution in [3.8, 4) is 0 Å². The average Bonchev–Trinajstić information content (AvgIpc) is 3.20. The molecule has 4 aliphatic carbocycles. The SMILES string of the molecule is C[C@H](CCC(=O)NCCN1CCCCC1)C1CCC2C3CCC4CCCC[C@]4(C)C3CC[C@@]21C. The van der Waals surface area contributed by atoms with Crippen LogP contribution in [0.15, 0.2) is 0 Å². The zero-order valence-corrected chi connectivity index (χ0v) is 22.8. The zero-order chi connectivity index (χ0) is 23.8. The molecule has 3 heteroatoms. The van der Waals surface area contributed by atoms with Gasteiger partial charge < -0.3 is 10.2 Å². The monoisotopic (exact) mass is 470 g/mol. The summed E-state index contributed by atoms with van der Waals surface area (Å²) in [5.41, 5.74) is 1.18. The Hall–Kier alpha value is -0.570. The van der Waals surface area contributed by atoms with Crippen molar-refractivity contribution in [1.29, 1.82) is 0 Å². The van der Waals surface area contributed by atoms with Gasteiger partial charge in [-0.1, -0.05) is 40.0 Å². The highest BCUT2D eigenvalue weighted by Crippen LogP contribution is 2.68. The Morgan fingerprint density at radius 1 is 0.882 bits per heavy atom. The largest absolute Gasteiger partial charge is 0.355 e. The highest BCUT2D eigenvalue weighted by Gasteiger charge is 2.60. The summed E-state index contributed by atoms with van der Waals surface area (Å²) in [7, 11) is 0. The van der Waals surface area contributed by atoms with Crippen LogP contribution in [0.3, 0.4) is 0 Å². The molecule has 0 aromatic carbocycles. The molecular formula is C31H54N2O. The predicted molar refractivity (Wildman–Crippen MR) is 142 cm³/mol. The van der Waals surface area contributed by atoms with Gasteiger partial charge in [0, 0.05) is 19.5 Å². The number of nitrogens with zero attached hydrogens (tertiary/aromatic N) is 1. The van der Waals surface area contributed by atoms with Gasteiger partial charge >= 0.3 is 0 Å². The van der Waals surface area contributed by atoms with Crippen LogP contribution >= 0.6 is 0 Å². The normalized spacial score (nSPS) is 43.4. The van der Waals surface area contributed by atoms with Gasteiger partial charge in [-0.25, -0.2) is 0 Å². The molecule has 1 saturated heterocycles. The summed E-state index contributed by atoms with van der Waals surface area (Å²) in [6.07, 6.45) is 20.7. The summed E-state index contributed by atoms with van der Waals surface area (Å²) in [6, 6.07) is 0. The molecule has 1 heterocycles. The van der Waals surface area contributed by atoms with Crippen LogP contribution in [-0.4, -0.2) is 37.0 Å². The van der Waals surface area contributed by atoms with Gasteiger partial charge in [0.15, 0.2) is 0 Å². The third-order valence-electron chi connectivity index (χ3n) is 12.4. The van der Waals surface area contributed by atoms with Crippen LogP contribution in [0.4, 0.5) is 0 Å². The summed E-state index contributed by atoms with van der Waals surface area (Å²) in [5, 5.41) is 3.23. The second kappa shape index (κ2) is 10.4. The summed E-state index contributed by atoms with van der Waals surface area (Å²) in [5.74, 6) is 5.78. The lowest BCUT2D eigenvalue weighted by molar-refractivity contribution is -0.122. The molecule has 8 atom stereocenters. The minimum atomic E-state index is 0.288. The van der Waals surface area contributed by atoms with E-state index in [-0.39, 0.29) is 5.91 Å². The van der Waals surface area contributed by atoms with Gasteiger partial charge in [0.2, 0.25) is 5.91 Å². The molecule has 0 aromatic rings. The van der Waals surface area contributed by atoms with E-state index in [1.165, 1.54) is 96.6 Å². The first kappa shape index (κ1) is 25.1. The van der Waals surface area contributed by atoms with E-state index in [1.807, 2.05) is 0 Å². The van der Waals surface area contributed by atoms with Crippen LogP contribution in [0.5, 0.6) is 0 Å². The molecule has 3 nitrogen and oxygen atoms in total. The molecule has 0 bridgehead atoms. The molecule has 0 spiro atoms. The number of nitrogens with one attached hydrogen (secondary N) is 1. The number of hydrogen-bond donors (Lipinski definition) is 1. The third-order valence-corrected chi connectivity index (χ3v) is 12.4. The lowest BCUT2D eigenvalue weighted by Gasteiger charge is -2.61. The first-order valence-corrected chi connectivity index (χ1v) is 15.4. The van der Waals surface area contributed by atoms with Crippen LogP contribution in [0.1, 0.15) is 117 Å². The molecule has 5 fully saturated rings. The smallest absolute Gasteiger partial charge is 0.220 e. The van der Waals surface area contributed by atoms with Crippen LogP contribution in [0, 0.1) is 46.3 Å². The standard InChI is InChI=1S/C31H54N2O/c1-23(10-15-29(34)32-19-22-33-20-7-4-8-21-33)26-13-14-27-25-12-11-24-9-5-6-17-30(24,2)28(25)16-18-31(26,27)3/h23-28H,4-22H2,1-3H3,(H,32,34)/t23-,24?,25?,26?,27?,28?,30+,31-/m1/s1. The first-order valence-electron chi connectivity index (χ1n) is 15.4. The number of carbonyl (C=O) groups is 1. The molecule has 1 N–H and O–H groups in total. The van der Waals surface area contributed by atoms with Gasteiger partial charge in [-0.15, -0.1) is 0 Å². The van der Waals surface area contributed by atoms with Crippen molar-refractivity contribution in [2.24, 2.45) is 46.3 Å². The fraction of sp³-hybridized carbons (Fsp3) is 0.968. The van der Waals surface area contributed by atoms with Crippen molar-refractivity contribution in [3.63, 3.8) is 0 Å². The van der Waals surface area contributed by atoms with Gasteiger partial charge in [-0.05, 0) is 130 Å². The Bertz CT molecular complexity index is 702. The Morgan fingerprint density at radius 3 is 2.50 bits per heavy atom.